The molecule has 22 heavy (non-hydrogen) atoms. The van der Waals surface area contributed by atoms with Crippen LogP contribution < -0.4 is 5.32 Å². The molecular weight excluding hydrogens is 318 g/mol. The Balaban J connectivity index is 0.00000242. The topological polar surface area (TPSA) is 45.2 Å². The molecule has 1 amide bonds. The third kappa shape index (κ3) is 6.15. The molecule has 124 valence electrons. The summed E-state index contributed by atoms with van der Waals surface area (Å²) in [7, 11) is 0. The summed E-state index contributed by atoms with van der Waals surface area (Å²) in [6.45, 7) is 2.70. The summed E-state index contributed by atoms with van der Waals surface area (Å²) in [4.78, 5) is 19.0. The highest BCUT2D eigenvalue weighted by Crippen LogP contribution is 2.18. The molecule has 0 saturated carbocycles. The lowest BCUT2D eigenvalue weighted by Gasteiger charge is -2.31. The van der Waals surface area contributed by atoms with E-state index in [1.807, 2.05) is 24.5 Å². The molecule has 2 rings (SSSR count). The molecular formula is C16H26ClN3OS. The Morgan fingerprint density at radius 2 is 2.27 bits per heavy atom. The fourth-order valence-corrected chi connectivity index (χ4v) is 3.11. The van der Waals surface area contributed by atoms with Gasteiger partial charge in [0.05, 0.1) is 12.2 Å². The van der Waals surface area contributed by atoms with Crippen LogP contribution in [0.25, 0.3) is 0 Å². The van der Waals surface area contributed by atoms with Gasteiger partial charge in [0.15, 0.2) is 0 Å². The van der Waals surface area contributed by atoms with Crippen molar-refractivity contribution in [1.82, 2.24) is 15.2 Å². The van der Waals surface area contributed by atoms with E-state index in [-0.39, 0.29) is 18.3 Å². The first-order valence-corrected chi connectivity index (χ1v) is 9.09. The van der Waals surface area contributed by atoms with E-state index in [9.17, 15) is 4.79 Å². The smallest absolute Gasteiger partial charge is 0.224 e. The minimum Gasteiger partial charge on any atom is -0.334 e. The second-order valence-corrected chi connectivity index (χ2v) is 6.41. The molecule has 0 aromatic carbocycles. The maximum absolute atomic E-state index is 12.6. The molecule has 0 spiro atoms. The van der Waals surface area contributed by atoms with Gasteiger partial charge in [0.25, 0.3) is 0 Å². The van der Waals surface area contributed by atoms with E-state index in [0.717, 1.165) is 43.8 Å². The third-order valence-corrected chi connectivity index (χ3v) is 4.50. The zero-order valence-electron chi connectivity index (χ0n) is 13.2. The molecule has 1 unspecified atom stereocenters. The Labute approximate surface area is 143 Å². The van der Waals surface area contributed by atoms with Gasteiger partial charge in [-0.2, -0.15) is 11.8 Å². The number of carbonyl (C=O) groups is 1. The van der Waals surface area contributed by atoms with Gasteiger partial charge >= 0.3 is 0 Å². The lowest BCUT2D eigenvalue weighted by atomic mass is 10.1. The Bertz CT molecular complexity index is 425. The normalized spacial score (nSPS) is 18.1. The van der Waals surface area contributed by atoms with E-state index < -0.39 is 0 Å². The fourth-order valence-electron chi connectivity index (χ4n) is 2.73. The van der Waals surface area contributed by atoms with Gasteiger partial charge in [-0.15, -0.1) is 12.4 Å². The van der Waals surface area contributed by atoms with Gasteiger partial charge in [-0.25, -0.2) is 0 Å². The number of aromatic nitrogens is 1. The maximum Gasteiger partial charge on any atom is 0.224 e. The molecule has 1 aromatic rings. The van der Waals surface area contributed by atoms with Crippen molar-refractivity contribution in [2.24, 2.45) is 0 Å². The zero-order valence-corrected chi connectivity index (χ0v) is 14.8. The number of rotatable bonds is 6. The van der Waals surface area contributed by atoms with Crippen LogP contribution in [0.3, 0.4) is 0 Å². The number of hydrogen-bond acceptors (Lipinski definition) is 4. The van der Waals surface area contributed by atoms with Crippen LogP contribution in [0.2, 0.25) is 0 Å². The molecule has 1 fully saturated rings. The van der Waals surface area contributed by atoms with Crippen LogP contribution in [-0.4, -0.2) is 46.9 Å². The number of pyridine rings is 1. The van der Waals surface area contributed by atoms with Crippen molar-refractivity contribution < 1.29 is 4.79 Å². The van der Waals surface area contributed by atoms with Crippen molar-refractivity contribution >= 4 is 30.1 Å². The average Bonchev–Trinajstić information content (AvgIpc) is 2.80. The van der Waals surface area contributed by atoms with E-state index in [1.54, 1.807) is 18.0 Å². The predicted octanol–water partition coefficient (Wildman–Crippen LogP) is 2.73. The standard InChI is InChI=1S/C16H25N3OS.ClH/c1-21-12-8-16(20)19(13-14-5-2-3-10-18-14)15-6-4-9-17-11-7-15;/h2-3,5,10,15,17H,4,6-9,11-13H2,1H3;1H. The van der Waals surface area contributed by atoms with Gasteiger partial charge in [0.1, 0.15) is 0 Å². The lowest BCUT2D eigenvalue weighted by molar-refractivity contribution is -0.134. The molecule has 1 aliphatic heterocycles. The molecule has 4 nitrogen and oxygen atoms in total. The molecule has 1 aromatic heterocycles. The maximum atomic E-state index is 12.6. The first kappa shape index (κ1) is 19.3. The summed E-state index contributed by atoms with van der Waals surface area (Å²) in [5.74, 6) is 1.16. The van der Waals surface area contributed by atoms with E-state index in [0.29, 0.717) is 19.0 Å². The second kappa shape index (κ2) is 10.9. The largest absolute Gasteiger partial charge is 0.334 e. The number of hydrogen-bond donors (Lipinski definition) is 1. The molecule has 1 aliphatic rings. The Kier molecular flexibility index (Phi) is 9.52. The Hall–Kier alpha value is -0.780. The third-order valence-electron chi connectivity index (χ3n) is 3.88. The van der Waals surface area contributed by atoms with Crippen molar-refractivity contribution in [2.45, 2.75) is 38.3 Å². The summed E-state index contributed by atoms with van der Waals surface area (Å²) >= 11 is 1.73. The van der Waals surface area contributed by atoms with Crippen molar-refractivity contribution in [3.05, 3.63) is 30.1 Å². The molecule has 2 heterocycles. The monoisotopic (exact) mass is 343 g/mol. The average molecular weight is 344 g/mol. The van der Waals surface area contributed by atoms with Crippen LogP contribution in [0, 0.1) is 0 Å². The van der Waals surface area contributed by atoms with E-state index in [2.05, 4.69) is 15.2 Å². The number of halogens is 1. The summed E-state index contributed by atoms with van der Waals surface area (Å²) < 4.78 is 0. The highest BCUT2D eigenvalue weighted by Gasteiger charge is 2.24. The van der Waals surface area contributed by atoms with E-state index in [1.165, 1.54) is 0 Å². The predicted molar refractivity (Wildman–Crippen MR) is 95.5 cm³/mol. The van der Waals surface area contributed by atoms with Crippen LogP contribution in [0.15, 0.2) is 24.4 Å². The minimum atomic E-state index is 0. The molecule has 0 bridgehead atoms. The number of nitrogens with one attached hydrogen (secondary N) is 1. The fraction of sp³-hybridized carbons (Fsp3) is 0.625. The quantitative estimate of drug-likeness (QED) is 0.862. The van der Waals surface area contributed by atoms with Gasteiger partial charge < -0.3 is 10.2 Å². The molecule has 0 radical (unpaired) electrons. The van der Waals surface area contributed by atoms with Crippen molar-refractivity contribution in [2.75, 3.05) is 25.1 Å². The zero-order chi connectivity index (χ0) is 14.9. The SMILES string of the molecule is CSCCC(=O)N(Cc1ccccn1)C1CCCNCC1.Cl. The van der Waals surface area contributed by atoms with Crippen LogP contribution in [0.5, 0.6) is 0 Å². The Morgan fingerprint density at radius 3 is 3.00 bits per heavy atom. The van der Waals surface area contributed by atoms with Gasteiger partial charge in [0, 0.05) is 24.4 Å². The highest BCUT2D eigenvalue weighted by molar-refractivity contribution is 7.98. The van der Waals surface area contributed by atoms with Crippen LogP contribution in [-0.2, 0) is 11.3 Å². The second-order valence-electron chi connectivity index (χ2n) is 5.42. The number of nitrogens with zero attached hydrogens (tertiary/aromatic N) is 2. The number of thioether (sulfide) groups is 1. The molecule has 0 aliphatic carbocycles. The van der Waals surface area contributed by atoms with Gasteiger partial charge in [0.2, 0.25) is 5.91 Å². The number of carbonyl (C=O) groups excluding carboxylic acids is 1. The summed E-state index contributed by atoms with van der Waals surface area (Å²) in [5, 5.41) is 3.42. The summed E-state index contributed by atoms with van der Waals surface area (Å²) in [5.41, 5.74) is 0.979. The molecule has 1 atom stereocenters. The molecule has 6 heteroatoms. The summed E-state index contributed by atoms with van der Waals surface area (Å²) in [6, 6.07) is 6.25. The van der Waals surface area contributed by atoms with E-state index >= 15 is 0 Å². The van der Waals surface area contributed by atoms with Gasteiger partial charge in [-0.05, 0) is 50.7 Å². The van der Waals surface area contributed by atoms with Crippen LogP contribution in [0.4, 0.5) is 0 Å². The lowest BCUT2D eigenvalue weighted by Crippen LogP contribution is -2.40. The molecule has 1 N–H and O–H groups in total. The van der Waals surface area contributed by atoms with E-state index in [4.69, 9.17) is 0 Å². The van der Waals surface area contributed by atoms with Crippen molar-refractivity contribution in [3.8, 4) is 0 Å². The van der Waals surface area contributed by atoms with Gasteiger partial charge in [-0.1, -0.05) is 6.07 Å². The van der Waals surface area contributed by atoms with Crippen molar-refractivity contribution in [3.63, 3.8) is 0 Å². The Morgan fingerprint density at radius 1 is 1.41 bits per heavy atom. The number of amides is 1. The van der Waals surface area contributed by atoms with Crippen LogP contribution >= 0.6 is 24.2 Å². The van der Waals surface area contributed by atoms with Gasteiger partial charge in [-0.3, -0.25) is 9.78 Å². The first-order chi connectivity index (χ1) is 10.3. The summed E-state index contributed by atoms with van der Waals surface area (Å²) in [6.07, 6.45) is 7.74. The minimum absolute atomic E-state index is 0. The first-order valence-electron chi connectivity index (χ1n) is 7.70. The molecule has 1 saturated heterocycles. The van der Waals surface area contributed by atoms with Crippen molar-refractivity contribution in [1.29, 1.82) is 0 Å². The van der Waals surface area contributed by atoms with Crippen LogP contribution in [0.1, 0.15) is 31.4 Å². The highest BCUT2D eigenvalue weighted by atomic mass is 35.5.